The molecule has 0 saturated carbocycles. The summed E-state index contributed by atoms with van der Waals surface area (Å²) in [7, 11) is 0. The van der Waals surface area contributed by atoms with Crippen molar-refractivity contribution in [2.75, 3.05) is 0 Å². The molecular weight excluding hydrogens is 212 g/mol. The van der Waals surface area contributed by atoms with E-state index in [1.165, 1.54) is 0 Å². The monoisotopic (exact) mass is 224 g/mol. The van der Waals surface area contributed by atoms with Gasteiger partial charge in [-0.1, -0.05) is 6.92 Å². The Balaban J connectivity index is 2.19. The summed E-state index contributed by atoms with van der Waals surface area (Å²) in [6, 6.07) is -0.803. The van der Waals surface area contributed by atoms with Gasteiger partial charge < -0.3 is 0 Å². The number of likely N-dealkylation sites (tertiary alicyclic amines) is 1. The Morgan fingerprint density at radius 2 is 1.94 bits per heavy atom. The Bertz CT molecular complexity index is 390. The van der Waals surface area contributed by atoms with Crippen molar-refractivity contribution in [1.82, 2.24) is 10.2 Å². The van der Waals surface area contributed by atoms with Gasteiger partial charge in [-0.15, -0.1) is 0 Å². The fourth-order valence-electron chi connectivity index (χ4n) is 2.06. The number of nitrogens with one attached hydrogen (secondary N) is 1. The van der Waals surface area contributed by atoms with Crippen LogP contribution >= 0.6 is 0 Å². The Kier molecular flexibility index (Phi) is 2.49. The number of carbonyl (C=O) groups is 4. The standard InChI is InChI=1S/C10H12N2O4/c1-5-4-8(14)12(10(5)16)6-2-3-7(13)11-9(6)15/h5-6H,2-4H2,1H3,(H,11,13,15). The summed E-state index contributed by atoms with van der Waals surface area (Å²) in [5.41, 5.74) is 0. The summed E-state index contributed by atoms with van der Waals surface area (Å²) in [6.45, 7) is 1.66. The zero-order valence-corrected chi connectivity index (χ0v) is 8.86. The fraction of sp³-hybridized carbons (Fsp3) is 0.600. The molecule has 1 N–H and O–H groups in total. The van der Waals surface area contributed by atoms with E-state index in [9.17, 15) is 19.2 Å². The highest BCUT2D eigenvalue weighted by atomic mass is 16.2. The Morgan fingerprint density at radius 1 is 1.25 bits per heavy atom. The van der Waals surface area contributed by atoms with Gasteiger partial charge in [0, 0.05) is 18.8 Å². The second-order valence-electron chi connectivity index (χ2n) is 4.17. The molecule has 0 spiro atoms. The Hall–Kier alpha value is -1.72. The van der Waals surface area contributed by atoms with Gasteiger partial charge in [0.15, 0.2) is 0 Å². The molecule has 16 heavy (non-hydrogen) atoms. The molecule has 2 fully saturated rings. The number of nitrogens with zero attached hydrogens (tertiary/aromatic N) is 1. The first kappa shape index (κ1) is 10.8. The number of imide groups is 2. The minimum absolute atomic E-state index is 0.149. The third-order valence-corrected chi connectivity index (χ3v) is 2.93. The summed E-state index contributed by atoms with van der Waals surface area (Å²) in [5, 5.41) is 2.14. The zero-order chi connectivity index (χ0) is 11.9. The lowest BCUT2D eigenvalue weighted by atomic mass is 10.0. The van der Waals surface area contributed by atoms with Crippen LogP contribution in [-0.4, -0.2) is 34.6 Å². The van der Waals surface area contributed by atoms with E-state index in [2.05, 4.69) is 5.32 Å². The van der Waals surface area contributed by atoms with Gasteiger partial charge in [-0.2, -0.15) is 0 Å². The lowest BCUT2D eigenvalue weighted by molar-refractivity contribution is -0.151. The maximum Gasteiger partial charge on any atom is 0.249 e. The predicted molar refractivity (Wildman–Crippen MR) is 51.8 cm³/mol. The van der Waals surface area contributed by atoms with Crippen molar-refractivity contribution in [1.29, 1.82) is 0 Å². The molecule has 2 rings (SSSR count). The number of hydrogen-bond acceptors (Lipinski definition) is 4. The normalized spacial score (nSPS) is 30.9. The minimum Gasteiger partial charge on any atom is -0.295 e. The van der Waals surface area contributed by atoms with E-state index in [1.54, 1.807) is 6.92 Å². The van der Waals surface area contributed by atoms with Crippen LogP contribution in [0.3, 0.4) is 0 Å². The highest BCUT2D eigenvalue weighted by Gasteiger charge is 2.44. The quantitative estimate of drug-likeness (QED) is 0.590. The smallest absolute Gasteiger partial charge is 0.249 e. The topological polar surface area (TPSA) is 83.6 Å². The average molecular weight is 224 g/mol. The van der Waals surface area contributed by atoms with Gasteiger partial charge in [0.1, 0.15) is 6.04 Å². The van der Waals surface area contributed by atoms with Crippen LogP contribution in [0.1, 0.15) is 26.2 Å². The highest BCUT2D eigenvalue weighted by Crippen LogP contribution is 2.24. The van der Waals surface area contributed by atoms with E-state index in [1.807, 2.05) is 0 Å². The molecule has 6 heteroatoms. The molecule has 86 valence electrons. The molecule has 2 aliphatic heterocycles. The van der Waals surface area contributed by atoms with E-state index in [0.29, 0.717) is 0 Å². The molecule has 2 unspecified atom stereocenters. The first-order valence-electron chi connectivity index (χ1n) is 5.20. The Morgan fingerprint density at radius 3 is 2.44 bits per heavy atom. The minimum atomic E-state index is -0.803. The molecule has 2 saturated heterocycles. The molecule has 0 aromatic heterocycles. The summed E-state index contributed by atoms with van der Waals surface area (Å²) < 4.78 is 0. The molecule has 0 aromatic rings. The van der Waals surface area contributed by atoms with Gasteiger partial charge in [-0.05, 0) is 6.42 Å². The van der Waals surface area contributed by atoms with E-state index >= 15 is 0 Å². The fourth-order valence-corrected chi connectivity index (χ4v) is 2.06. The number of carbonyl (C=O) groups excluding carboxylic acids is 4. The molecule has 0 bridgehead atoms. The number of rotatable bonds is 1. The maximum absolute atomic E-state index is 11.7. The summed E-state index contributed by atoms with van der Waals surface area (Å²) >= 11 is 0. The maximum atomic E-state index is 11.7. The van der Waals surface area contributed by atoms with Crippen LogP contribution in [0.5, 0.6) is 0 Å². The summed E-state index contributed by atoms with van der Waals surface area (Å²) in [6.07, 6.45) is 0.549. The third kappa shape index (κ3) is 1.60. The molecule has 4 amide bonds. The molecule has 2 aliphatic rings. The predicted octanol–water partition coefficient (Wildman–Crippen LogP) is -0.813. The summed E-state index contributed by atoms with van der Waals surface area (Å²) in [4.78, 5) is 46.7. The van der Waals surface area contributed by atoms with Crippen molar-refractivity contribution in [2.24, 2.45) is 5.92 Å². The van der Waals surface area contributed by atoms with Crippen LogP contribution in [0.2, 0.25) is 0 Å². The third-order valence-electron chi connectivity index (χ3n) is 2.93. The van der Waals surface area contributed by atoms with Gasteiger partial charge in [-0.25, -0.2) is 0 Å². The molecule has 0 aromatic carbocycles. The van der Waals surface area contributed by atoms with Crippen molar-refractivity contribution in [2.45, 2.75) is 32.2 Å². The Labute approximate surface area is 92.0 Å². The van der Waals surface area contributed by atoms with Crippen molar-refractivity contribution in [3.05, 3.63) is 0 Å². The van der Waals surface area contributed by atoms with Crippen molar-refractivity contribution in [3.63, 3.8) is 0 Å². The van der Waals surface area contributed by atoms with Crippen molar-refractivity contribution >= 4 is 23.6 Å². The van der Waals surface area contributed by atoms with Crippen LogP contribution in [0.4, 0.5) is 0 Å². The van der Waals surface area contributed by atoms with Crippen molar-refractivity contribution < 1.29 is 19.2 Å². The second-order valence-corrected chi connectivity index (χ2v) is 4.17. The van der Waals surface area contributed by atoms with Gasteiger partial charge >= 0.3 is 0 Å². The van der Waals surface area contributed by atoms with Gasteiger partial charge in [0.05, 0.1) is 0 Å². The van der Waals surface area contributed by atoms with E-state index in [4.69, 9.17) is 0 Å². The molecular formula is C10H12N2O4. The van der Waals surface area contributed by atoms with Crippen LogP contribution in [0.25, 0.3) is 0 Å². The summed E-state index contributed by atoms with van der Waals surface area (Å²) in [5.74, 6) is -1.91. The van der Waals surface area contributed by atoms with E-state index < -0.39 is 11.9 Å². The largest absolute Gasteiger partial charge is 0.295 e. The second kappa shape index (κ2) is 3.70. The number of piperidine rings is 1. The van der Waals surface area contributed by atoms with Crippen LogP contribution in [-0.2, 0) is 19.2 Å². The van der Waals surface area contributed by atoms with Crippen LogP contribution in [0, 0.1) is 5.92 Å². The molecule has 0 aliphatic carbocycles. The zero-order valence-electron chi connectivity index (χ0n) is 8.86. The van der Waals surface area contributed by atoms with Crippen LogP contribution in [0.15, 0.2) is 0 Å². The lowest BCUT2D eigenvalue weighted by Gasteiger charge is -2.28. The molecule has 6 nitrogen and oxygen atoms in total. The molecule has 2 atom stereocenters. The first-order valence-corrected chi connectivity index (χ1v) is 5.20. The highest BCUT2D eigenvalue weighted by molar-refractivity contribution is 6.09. The van der Waals surface area contributed by atoms with Gasteiger partial charge in [0.2, 0.25) is 23.6 Å². The number of hydrogen-bond donors (Lipinski definition) is 1. The van der Waals surface area contributed by atoms with Gasteiger partial charge in [0.25, 0.3) is 0 Å². The molecule has 0 radical (unpaired) electrons. The SMILES string of the molecule is CC1CC(=O)N(C2CCC(=O)NC2=O)C1=O. The van der Waals surface area contributed by atoms with E-state index in [-0.39, 0.29) is 42.9 Å². The van der Waals surface area contributed by atoms with Crippen molar-refractivity contribution in [3.8, 4) is 0 Å². The van der Waals surface area contributed by atoms with Crippen LogP contribution < -0.4 is 5.32 Å². The van der Waals surface area contributed by atoms with Gasteiger partial charge in [-0.3, -0.25) is 29.4 Å². The lowest BCUT2D eigenvalue weighted by Crippen LogP contribution is -2.54. The first-order chi connectivity index (χ1) is 7.50. The average Bonchev–Trinajstić information content (AvgIpc) is 2.43. The van der Waals surface area contributed by atoms with E-state index in [0.717, 1.165) is 4.90 Å². The molecule has 2 heterocycles. The number of amides is 4.